The zero-order chi connectivity index (χ0) is 24.5. The largest absolute Gasteiger partial charge is 0.454 e. The van der Waals surface area contributed by atoms with Gasteiger partial charge in [-0.1, -0.05) is 17.7 Å². The van der Waals surface area contributed by atoms with Crippen LogP contribution in [0.25, 0.3) is 0 Å². The van der Waals surface area contributed by atoms with Gasteiger partial charge in [0, 0.05) is 28.7 Å². The molecule has 4 atom stereocenters. The van der Waals surface area contributed by atoms with E-state index in [-0.39, 0.29) is 26.2 Å². The number of carbonyl (C=O) groups excluding carboxylic acids is 4. The van der Waals surface area contributed by atoms with E-state index >= 15 is 0 Å². The molecule has 4 heterocycles. The first-order chi connectivity index (χ1) is 16.8. The van der Waals surface area contributed by atoms with E-state index in [4.69, 9.17) is 26.8 Å². The van der Waals surface area contributed by atoms with Gasteiger partial charge >= 0.3 is 0 Å². The second kappa shape index (κ2) is 7.69. The monoisotopic (exact) mass is 496 g/mol. The number of nitrogens with one attached hydrogen (secondary N) is 2. The Balaban J connectivity index is 1.40. The number of likely N-dealkylation sites (tertiary alicyclic amines) is 1. The second-order valence-corrected chi connectivity index (χ2v) is 9.60. The van der Waals surface area contributed by atoms with Crippen molar-refractivity contribution in [2.75, 3.05) is 12.1 Å². The van der Waals surface area contributed by atoms with Crippen LogP contribution in [0.4, 0.5) is 5.69 Å². The first-order valence-corrected chi connectivity index (χ1v) is 11.6. The van der Waals surface area contributed by atoms with Crippen molar-refractivity contribution in [1.82, 2.24) is 10.2 Å². The minimum Gasteiger partial charge on any atom is -0.454 e. The number of hydrogen-bond donors (Lipinski definition) is 3. The van der Waals surface area contributed by atoms with Gasteiger partial charge in [0.2, 0.25) is 30.4 Å². The maximum atomic E-state index is 13.8. The molecule has 2 aromatic carbocycles. The molecule has 4 N–H and O–H groups in total. The number of nitrogens with zero attached hydrogens (tertiary/aromatic N) is 1. The number of hydrogen-bond acceptors (Lipinski definition) is 7. The van der Waals surface area contributed by atoms with Crippen molar-refractivity contribution in [3.05, 3.63) is 52.5 Å². The maximum absolute atomic E-state index is 13.8. The molecule has 6 rings (SSSR count). The molecule has 35 heavy (non-hydrogen) atoms. The Bertz CT molecular complexity index is 1310. The highest BCUT2D eigenvalue weighted by atomic mass is 35.5. The number of imide groups is 1. The zero-order valence-electron chi connectivity index (χ0n) is 18.4. The van der Waals surface area contributed by atoms with Crippen molar-refractivity contribution in [2.24, 2.45) is 17.6 Å². The number of primary amides is 1. The Labute approximate surface area is 204 Å². The normalized spacial score (nSPS) is 28.0. The van der Waals surface area contributed by atoms with E-state index in [1.54, 1.807) is 36.4 Å². The molecule has 1 spiro atoms. The molecule has 4 aliphatic rings. The number of anilines is 1. The number of nitrogens with two attached hydrogens (primary N) is 1. The van der Waals surface area contributed by atoms with Crippen molar-refractivity contribution in [3.8, 4) is 11.5 Å². The Morgan fingerprint density at radius 1 is 1.11 bits per heavy atom. The summed E-state index contributed by atoms with van der Waals surface area (Å²) in [7, 11) is 0. The molecule has 0 aliphatic carbocycles. The molecule has 0 unspecified atom stereocenters. The van der Waals surface area contributed by atoms with Gasteiger partial charge in [0.05, 0.1) is 18.4 Å². The number of halogens is 1. The Morgan fingerprint density at radius 3 is 2.71 bits per heavy atom. The van der Waals surface area contributed by atoms with Crippen molar-refractivity contribution in [2.45, 2.75) is 31.0 Å². The number of benzene rings is 2. The lowest BCUT2D eigenvalue weighted by atomic mass is 9.76. The summed E-state index contributed by atoms with van der Waals surface area (Å²) in [5, 5.41) is 6.47. The minimum absolute atomic E-state index is 0.00458. The predicted octanol–water partition coefficient (Wildman–Crippen LogP) is 1.25. The lowest BCUT2D eigenvalue weighted by Crippen LogP contribution is -2.53. The van der Waals surface area contributed by atoms with Gasteiger partial charge in [-0.15, -0.1) is 0 Å². The molecule has 4 aliphatic heterocycles. The van der Waals surface area contributed by atoms with Gasteiger partial charge in [-0.25, -0.2) is 0 Å². The number of fused-ring (bicyclic) bond motifs is 5. The molecule has 2 aromatic rings. The van der Waals surface area contributed by atoms with Crippen LogP contribution in [0, 0.1) is 11.8 Å². The zero-order valence-corrected chi connectivity index (χ0v) is 19.1. The molecule has 0 radical (unpaired) electrons. The van der Waals surface area contributed by atoms with Crippen LogP contribution < -0.4 is 25.8 Å². The topological polar surface area (TPSA) is 140 Å². The van der Waals surface area contributed by atoms with Crippen LogP contribution in [0.2, 0.25) is 5.02 Å². The van der Waals surface area contributed by atoms with Crippen LogP contribution in [-0.2, 0) is 31.3 Å². The average molecular weight is 497 g/mol. The fraction of sp³-hybridized carbons (Fsp3) is 0.333. The van der Waals surface area contributed by atoms with Crippen LogP contribution in [0.15, 0.2) is 36.4 Å². The van der Waals surface area contributed by atoms with E-state index in [9.17, 15) is 19.2 Å². The van der Waals surface area contributed by atoms with E-state index in [1.165, 1.54) is 4.90 Å². The van der Waals surface area contributed by atoms with Crippen molar-refractivity contribution < 1.29 is 28.7 Å². The van der Waals surface area contributed by atoms with Gasteiger partial charge in [0.1, 0.15) is 5.54 Å². The number of ether oxygens (including phenoxy) is 2. The van der Waals surface area contributed by atoms with Crippen LogP contribution in [0.3, 0.4) is 0 Å². The van der Waals surface area contributed by atoms with E-state index in [1.807, 2.05) is 0 Å². The number of carbonyl (C=O) groups is 4. The lowest BCUT2D eigenvalue weighted by molar-refractivity contribution is -0.143. The van der Waals surface area contributed by atoms with E-state index in [0.29, 0.717) is 33.3 Å². The van der Waals surface area contributed by atoms with Crippen LogP contribution in [0.5, 0.6) is 11.5 Å². The fourth-order valence-electron chi connectivity index (χ4n) is 5.76. The maximum Gasteiger partial charge on any atom is 0.250 e. The molecule has 2 fully saturated rings. The smallest absolute Gasteiger partial charge is 0.250 e. The first kappa shape index (κ1) is 21.9. The van der Waals surface area contributed by atoms with Gasteiger partial charge in [-0.2, -0.15) is 0 Å². The third-order valence-electron chi connectivity index (χ3n) is 7.25. The molecule has 0 aromatic heterocycles. The average Bonchev–Trinajstić information content (AvgIpc) is 3.55. The predicted molar refractivity (Wildman–Crippen MR) is 122 cm³/mol. The molecule has 180 valence electrons. The summed E-state index contributed by atoms with van der Waals surface area (Å²) >= 11 is 6.25. The highest BCUT2D eigenvalue weighted by Crippen LogP contribution is 2.54. The summed E-state index contributed by atoms with van der Waals surface area (Å²) in [6.45, 7) is 0.126. The van der Waals surface area contributed by atoms with Crippen molar-refractivity contribution >= 4 is 40.9 Å². The van der Waals surface area contributed by atoms with Crippen LogP contribution in [-0.4, -0.2) is 41.4 Å². The second-order valence-electron chi connectivity index (χ2n) is 9.16. The van der Waals surface area contributed by atoms with Gasteiger partial charge in [0.15, 0.2) is 11.5 Å². The SMILES string of the molecule is NC(=O)CC[C@H]1N[C@]2(C(=O)Nc3ccc(Cl)cc32)[C@@H]2C(=O)N(Cc3ccc4c(c3)OCO4)C(=O)[C@H]21. The fourth-order valence-corrected chi connectivity index (χ4v) is 5.93. The minimum atomic E-state index is -1.48. The molecule has 0 saturated carbocycles. The molecule has 11 heteroatoms. The third-order valence-corrected chi connectivity index (χ3v) is 7.48. The van der Waals surface area contributed by atoms with Gasteiger partial charge in [0.25, 0.3) is 0 Å². The Kier molecular flexibility index (Phi) is 4.81. The number of amides is 4. The summed E-state index contributed by atoms with van der Waals surface area (Å²) < 4.78 is 10.7. The lowest BCUT2D eigenvalue weighted by Gasteiger charge is -2.29. The summed E-state index contributed by atoms with van der Waals surface area (Å²) in [4.78, 5) is 53.6. The van der Waals surface area contributed by atoms with Gasteiger partial charge in [-0.05, 0) is 42.3 Å². The summed E-state index contributed by atoms with van der Waals surface area (Å²) in [5.74, 6) is -2.54. The highest BCUT2D eigenvalue weighted by molar-refractivity contribution is 6.31. The van der Waals surface area contributed by atoms with E-state index in [0.717, 1.165) is 0 Å². The van der Waals surface area contributed by atoms with Crippen molar-refractivity contribution in [3.63, 3.8) is 0 Å². The Morgan fingerprint density at radius 2 is 1.91 bits per heavy atom. The van der Waals surface area contributed by atoms with Crippen LogP contribution >= 0.6 is 11.6 Å². The van der Waals surface area contributed by atoms with Gasteiger partial charge in [-0.3, -0.25) is 29.4 Å². The summed E-state index contributed by atoms with van der Waals surface area (Å²) in [6, 6.07) is 9.55. The standard InChI is InChI=1S/C24H21ClN4O6/c25-12-2-3-14-13(8-12)24(23(33)27-14)20-19(15(28-24)4-6-18(26)30)21(31)29(22(20)32)9-11-1-5-16-17(7-11)35-10-34-16/h1-3,5,7-8,15,19-20,28H,4,6,9-10H2,(H2,26,30)(H,27,33)/t15-,19+,20+,24+/m1/s1. The summed E-state index contributed by atoms with van der Waals surface area (Å²) in [5.41, 5.74) is 5.60. The molecular weight excluding hydrogens is 476 g/mol. The van der Waals surface area contributed by atoms with Crippen LogP contribution in [0.1, 0.15) is 24.0 Å². The van der Waals surface area contributed by atoms with Crippen molar-refractivity contribution in [1.29, 1.82) is 0 Å². The number of rotatable bonds is 5. The molecule has 4 amide bonds. The summed E-state index contributed by atoms with van der Waals surface area (Å²) in [6.07, 6.45) is 0.211. The third kappa shape index (κ3) is 3.13. The molecule has 2 saturated heterocycles. The Hall–Kier alpha value is -3.63. The van der Waals surface area contributed by atoms with Gasteiger partial charge < -0.3 is 20.5 Å². The highest BCUT2D eigenvalue weighted by Gasteiger charge is 2.70. The molecule has 0 bridgehead atoms. The quantitative estimate of drug-likeness (QED) is 0.529. The molecule has 10 nitrogen and oxygen atoms in total. The first-order valence-electron chi connectivity index (χ1n) is 11.2. The van der Waals surface area contributed by atoms with E-state index in [2.05, 4.69) is 10.6 Å². The molecular formula is C24H21ClN4O6. The van der Waals surface area contributed by atoms with E-state index < -0.39 is 47.0 Å².